The molecule has 1 fully saturated rings. The molecule has 2 aromatic heterocycles. The molecule has 3 N–H and O–H groups in total. The number of carbonyl (C=O) groups excluding carboxylic acids is 4. The standard InChI is InChI=1S/C23H25N5O11/c1-10(29)35-8-17-19(38-12(3)31)23(4,34)21(39-17)28-7-14-15(25-22(33)37-9-36-11(2)30)5-13-18(14)16(27-28)6-24-26-20(13)32/h5-7,17,19,21,34H,8-9H2,1-4H3,(H,25,33)(H,26,32). The first-order valence-corrected chi connectivity index (χ1v) is 11.5. The van der Waals surface area contributed by atoms with Gasteiger partial charge in [-0.2, -0.15) is 10.2 Å². The molecule has 208 valence electrons. The minimum atomic E-state index is -1.88. The van der Waals surface area contributed by atoms with Gasteiger partial charge in [-0.15, -0.1) is 0 Å². The second-order valence-electron chi connectivity index (χ2n) is 8.85. The SMILES string of the molecule is CC(=O)OCOC(=O)Nc1cc2c(=O)[nH]ncc3nn(C4OC(COC(C)=O)C(OC(C)=O)C4(C)O)cc1c32. The van der Waals surface area contributed by atoms with Crippen molar-refractivity contribution in [2.75, 3.05) is 18.7 Å². The van der Waals surface area contributed by atoms with Crippen molar-refractivity contribution in [3.63, 3.8) is 0 Å². The number of anilines is 1. The van der Waals surface area contributed by atoms with Gasteiger partial charge in [-0.25, -0.2) is 14.6 Å². The molecule has 16 nitrogen and oxygen atoms in total. The fourth-order valence-electron chi connectivity index (χ4n) is 4.26. The lowest BCUT2D eigenvalue weighted by Gasteiger charge is -2.29. The van der Waals surface area contributed by atoms with E-state index < -0.39 is 60.4 Å². The van der Waals surface area contributed by atoms with Crippen LogP contribution in [0.4, 0.5) is 10.5 Å². The molecule has 16 heteroatoms. The summed E-state index contributed by atoms with van der Waals surface area (Å²) in [5.41, 5.74) is -2.15. The maximum absolute atomic E-state index is 12.6. The van der Waals surface area contributed by atoms with Gasteiger partial charge < -0.3 is 28.8 Å². The summed E-state index contributed by atoms with van der Waals surface area (Å²) < 4.78 is 26.9. The molecule has 0 bridgehead atoms. The molecule has 0 radical (unpaired) electrons. The zero-order chi connectivity index (χ0) is 28.5. The van der Waals surface area contributed by atoms with Gasteiger partial charge in [0.2, 0.25) is 6.79 Å². The van der Waals surface area contributed by atoms with Crippen LogP contribution >= 0.6 is 0 Å². The van der Waals surface area contributed by atoms with Gasteiger partial charge in [-0.1, -0.05) is 0 Å². The highest BCUT2D eigenvalue weighted by atomic mass is 16.7. The third-order valence-corrected chi connectivity index (χ3v) is 5.85. The topological polar surface area (TPSA) is 210 Å². The molecular formula is C23H25N5O11. The fraction of sp³-hybridized carbons (Fsp3) is 0.435. The number of amides is 1. The lowest BCUT2D eigenvalue weighted by molar-refractivity contribution is -0.163. The van der Waals surface area contributed by atoms with Crippen molar-refractivity contribution in [2.45, 2.75) is 51.7 Å². The van der Waals surface area contributed by atoms with Crippen molar-refractivity contribution in [1.82, 2.24) is 20.0 Å². The molecule has 1 aliphatic heterocycles. The van der Waals surface area contributed by atoms with E-state index in [4.69, 9.17) is 18.9 Å². The van der Waals surface area contributed by atoms with Gasteiger partial charge in [0, 0.05) is 37.7 Å². The average molecular weight is 547 g/mol. The summed E-state index contributed by atoms with van der Waals surface area (Å²) in [7, 11) is 0. The lowest BCUT2D eigenvalue weighted by atomic mass is 9.96. The second-order valence-corrected chi connectivity index (χ2v) is 8.85. The maximum atomic E-state index is 12.6. The predicted molar refractivity (Wildman–Crippen MR) is 129 cm³/mol. The number of hydrogen-bond donors (Lipinski definition) is 3. The van der Waals surface area contributed by atoms with Crippen LogP contribution < -0.4 is 10.9 Å². The molecule has 0 aliphatic carbocycles. The third kappa shape index (κ3) is 5.65. The monoisotopic (exact) mass is 547 g/mol. The van der Waals surface area contributed by atoms with Crippen LogP contribution in [0.1, 0.15) is 33.9 Å². The number of hydrogen-bond acceptors (Lipinski definition) is 13. The molecule has 4 rings (SSSR count). The van der Waals surface area contributed by atoms with Crippen LogP contribution in [0.2, 0.25) is 0 Å². The minimum Gasteiger partial charge on any atom is -0.463 e. The van der Waals surface area contributed by atoms with E-state index in [2.05, 4.69) is 25.3 Å². The number of aliphatic hydroxyl groups is 1. The summed E-state index contributed by atoms with van der Waals surface area (Å²) in [5.74, 6) is -1.96. The normalized spacial score (nSPS) is 22.4. The molecule has 3 heterocycles. The smallest absolute Gasteiger partial charge is 0.414 e. The van der Waals surface area contributed by atoms with Gasteiger partial charge in [0.1, 0.15) is 23.8 Å². The van der Waals surface area contributed by atoms with Crippen LogP contribution in [0.25, 0.3) is 21.7 Å². The summed E-state index contributed by atoms with van der Waals surface area (Å²) in [4.78, 5) is 59.0. The number of ether oxygens (including phenoxy) is 5. The molecule has 1 amide bonds. The number of nitrogens with zero attached hydrogens (tertiary/aromatic N) is 3. The Bertz CT molecular complexity index is 1510. The minimum absolute atomic E-state index is 0.126. The predicted octanol–water partition coefficient (Wildman–Crippen LogP) is 0.485. The van der Waals surface area contributed by atoms with Gasteiger partial charge >= 0.3 is 24.0 Å². The molecule has 1 saturated heterocycles. The van der Waals surface area contributed by atoms with Crippen LogP contribution in [0.5, 0.6) is 0 Å². The Balaban J connectivity index is 1.78. The van der Waals surface area contributed by atoms with E-state index in [0.717, 1.165) is 13.8 Å². The van der Waals surface area contributed by atoms with E-state index in [1.807, 2.05) is 0 Å². The van der Waals surface area contributed by atoms with Crippen LogP contribution in [0, 0.1) is 0 Å². The average Bonchev–Trinajstić information content (AvgIpc) is 3.25. The van der Waals surface area contributed by atoms with Gasteiger partial charge in [0.25, 0.3) is 5.56 Å². The van der Waals surface area contributed by atoms with E-state index in [0.29, 0.717) is 5.39 Å². The van der Waals surface area contributed by atoms with Crippen LogP contribution in [0.3, 0.4) is 0 Å². The molecule has 1 aliphatic rings. The molecule has 0 spiro atoms. The Hall–Kier alpha value is -4.57. The Morgan fingerprint density at radius 2 is 1.85 bits per heavy atom. The molecule has 4 atom stereocenters. The first kappa shape index (κ1) is 27.5. The van der Waals surface area contributed by atoms with Crippen molar-refractivity contribution in [3.05, 3.63) is 28.8 Å². The Labute approximate surface area is 219 Å². The van der Waals surface area contributed by atoms with Crippen LogP contribution in [0.15, 0.2) is 23.3 Å². The second kappa shape index (κ2) is 10.7. The summed E-state index contributed by atoms with van der Waals surface area (Å²) in [6, 6.07) is 1.37. The number of H-pyrrole nitrogens is 1. The number of aromatic amines is 1. The zero-order valence-corrected chi connectivity index (χ0v) is 21.2. The van der Waals surface area contributed by atoms with E-state index in [1.54, 1.807) is 0 Å². The third-order valence-electron chi connectivity index (χ3n) is 5.85. The first-order chi connectivity index (χ1) is 18.4. The molecule has 0 saturated carbocycles. The summed E-state index contributed by atoms with van der Waals surface area (Å²) in [5, 5.41) is 25.3. The van der Waals surface area contributed by atoms with Gasteiger partial charge in [0.15, 0.2) is 12.3 Å². The van der Waals surface area contributed by atoms with Crippen molar-refractivity contribution in [1.29, 1.82) is 0 Å². The quantitative estimate of drug-likeness (QED) is 0.209. The number of esters is 3. The zero-order valence-electron chi connectivity index (χ0n) is 21.2. The first-order valence-electron chi connectivity index (χ1n) is 11.5. The van der Waals surface area contributed by atoms with Gasteiger partial charge in [-0.3, -0.25) is 24.5 Å². The molecule has 3 aromatic rings. The Morgan fingerprint density at radius 1 is 1.13 bits per heavy atom. The Kier molecular flexibility index (Phi) is 7.51. The van der Waals surface area contributed by atoms with Crippen molar-refractivity contribution < 1.29 is 48.0 Å². The highest BCUT2D eigenvalue weighted by molar-refractivity contribution is 6.16. The highest BCUT2D eigenvalue weighted by Crippen LogP contribution is 2.41. The summed E-state index contributed by atoms with van der Waals surface area (Å²) in [6.45, 7) is 3.89. The molecule has 1 aromatic carbocycles. The number of rotatable bonds is 7. The number of aromatic nitrogens is 4. The van der Waals surface area contributed by atoms with E-state index >= 15 is 0 Å². The maximum Gasteiger partial charge on any atom is 0.414 e. The van der Waals surface area contributed by atoms with E-state index in [1.165, 1.54) is 37.0 Å². The van der Waals surface area contributed by atoms with Crippen molar-refractivity contribution in [2.24, 2.45) is 0 Å². The fourth-order valence-corrected chi connectivity index (χ4v) is 4.26. The summed E-state index contributed by atoms with van der Waals surface area (Å²) in [6.07, 6.45) is -1.90. The van der Waals surface area contributed by atoms with Crippen molar-refractivity contribution >= 4 is 51.4 Å². The number of carbonyl (C=O) groups is 4. The van der Waals surface area contributed by atoms with Crippen LogP contribution in [-0.4, -0.2) is 80.3 Å². The molecule has 4 unspecified atom stereocenters. The lowest BCUT2D eigenvalue weighted by Crippen LogP contribution is -2.47. The largest absolute Gasteiger partial charge is 0.463 e. The van der Waals surface area contributed by atoms with E-state index in [-0.39, 0.29) is 28.6 Å². The van der Waals surface area contributed by atoms with Crippen LogP contribution in [-0.2, 0) is 38.1 Å². The van der Waals surface area contributed by atoms with Gasteiger partial charge in [0.05, 0.1) is 17.3 Å². The molecule has 39 heavy (non-hydrogen) atoms. The Morgan fingerprint density at radius 3 is 2.51 bits per heavy atom. The number of nitrogens with one attached hydrogen (secondary N) is 2. The summed E-state index contributed by atoms with van der Waals surface area (Å²) >= 11 is 0. The van der Waals surface area contributed by atoms with Crippen molar-refractivity contribution in [3.8, 4) is 0 Å². The van der Waals surface area contributed by atoms with E-state index in [9.17, 15) is 29.1 Å². The van der Waals surface area contributed by atoms with Gasteiger partial charge in [-0.05, 0) is 13.0 Å². The highest BCUT2D eigenvalue weighted by Gasteiger charge is 2.56. The molecular weight excluding hydrogens is 522 g/mol.